The number of para-hydroxylation sites is 1. The molecular weight excluding hydrogens is 398 g/mol. The number of ketones is 1. The van der Waals surface area contributed by atoms with Crippen molar-refractivity contribution in [3.8, 4) is 0 Å². The van der Waals surface area contributed by atoms with Crippen molar-refractivity contribution in [2.75, 3.05) is 11.9 Å². The van der Waals surface area contributed by atoms with E-state index in [0.29, 0.717) is 17.3 Å². The Morgan fingerprint density at radius 3 is 2.40 bits per heavy atom. The average molecular weight is 418 g/mol. The molecule has 0 saturated heterocycles. The lowest BCUT2D eigenvalue weighted by molar-refractivity contribution is -0.153. The van der Waals surface area contributed by atoms with Gasteiger partial charge in [-0.05, 0) is 38.1 Å². The Morgan fingerprint density at radius 1 is 1.03 bits per heavy atom. The van der Waals surface area contributed by atoms with Crippen molar-refractivity contribution >= 4 is 29.3 Å². The fourth-order valence-electron chi connectivity index (χ4n) is 2.49. The van der Waals surface area contributed by atoms with Gasteiger partial charge in [0.1, 0.15) is 11.6 Å². The van der Waals surface area contributed by atoms with E-state index in [1.165, 1.54) is 13.8 Å². The summed E-state index contributed by atoms with van der Waals surface area (Å²) in [6.45, 7) is 2.55. The molecule has 0 aliphatic rings. The molecule has 1 atom stereocenters. The molecule has 2 N–H and O–H groups in total. The lowest BCUT2D eigenvalue weighted by Crippen LogP contribution is -2.32. The van der Waals surface area contributed by atoms with Crippen LogP contribution in [0.4, 0.5) is 14.5 Å². The number of rotatable bonds is 8. The molecule has 0 spiro atoms. The zero-order chi connectivity index (χ0) is 22.3. The Hall–Kier alpha value is -3.62. The number of hydrogen-bond acceptors (Lipinski definition) is 5. The fraction of sp³-hybridized carbons (Fsp3) is 0.238. The van der Waals surface area contributed by atoms with Gasteiger partial charge >= 0.3 is 5.97 Å². The van der Waals surface area contributed by atoms with E-state index in [9.17, 15) is 28.0 Å². The molecular formula is C21H20F2N2O5. The van der Waals surface area contributed by atoms with Gasteiger partial charge in [0.15, 0.2) is 11.9 Å². The van der Waals surface area contributed by atoms with Crippen molar-refractivity contribution in [1.29, 1.82) is 0 Å². The van der Waals surface area contributed by atoms with Crippen LogP contribution < -0.4 is 10.6 Å². The summed E-state index contributed by atoms with van der Waals surface area (Å²) in [6, 6.07) is 8.91. The molecule has 158 valence electrons. The Kier molecular flexibility index (Phi) is 7.74. The van der Waals surface area contributed by atoms with Crippen LogP contribution in [0.3, 0.4) is 0 Å². The number of benzene rings is 2. The molecule has 0 aromatic heterocycles. The van der Waals surface area contributed by atoms with Gasteiger partial charge in [0.2, 0.25) is 0 Å². The Bertz CT molecular complexity index is 978. The Morgan fingerprint density at radius 2 is 1.73 bits per heavy atom. The highest BCUT2D eigenvalue weighted by molar-refractivity contribution is 6.04. The molecule has 0 bridgehead atoms. The Balaban J connectivity index is 1.82. The number of anilines is 1. The van der Waals surface area contributed by atoms with E-state index in [0.717, 1.165) is 12.1 Å². The van der Waals surface area contributed by atoms with E-state index < -0.39 is 35.5 Å². The van der Waals surface area contributed by atoms with Crippen LogP contribution in [0.2, 0.25) is 0 Å². The van der Waals surface area contributed by atoms with Gasteiger partial charge in [-0.3, -0.25) is 19.2 Å². The summed E-state index contributed by atoms with van der Waals surface area (Å²) < 4.78 is 31.4. The summed E-state index contributed by atoms with van der Waals surface area (Å²) in [4.78, 5) is 47.6. The minimum Gasteiger partial charge on any atom is -0.452 e. The van der Waals surface area contributed by atoms with Crippen molar-refractivity contribution in [2.45, 2.75) is 26.4 Å². The summed E-state index contributed by atoms with van der Waals surface area (Å²) in [6.07, 6.45) is -1.42. The molecule has 0 radical (unpaired) electrons. The molecule has 9 heteroatoms. The molecule has 2 aromatic rings. The van der Waals surface area contributed by atoms with Crippen molar-refractivity contribution < 1.29 is 32.7 Å². The highest BCUT2D eigenvalue weighted by Crippen LogP contribution is 2.16. The number of carbonyl (C=O) groups is 4. The number of nitrogens with one attached hydrogen (secondary N) is 2. The van der Waals surface area contributed by atoms with Gasteiger partial charge in [-0.1, -0.05) is 12.1 Å². The minimum absolute atomic E-state index is 0.171. The van der Waals surface area contributed by atoms with Gasteiger partial charge < -0.3 is 15.4 Å². The highest BCUT2D eigenvalue weighted by Gasteiger charge is 2.20. The van der Waals surface area contributed by atoms with Gasteiger partial charge in [-0.15, -0.1) is 0 Å². The number of amides is 2. The standard InChI is InChI=1S/C21H20F2N2O5/c1-12(26)15-5-3-4-6-18(15)25-20(28)13(2)30-19(27)9-10-24-21(29)16-8-7-14(22)11-17(16)23/h3-8,11,13H,9-10H2,1-2H3,(H,24,29)(H,25,28). The molecule has 2 amide bonds. The molecule has 0 aliphatic carbocycles. The second-order valence-corrected chi connectivity index (χ2v) is 6.35. The van der Waals surface area contributed by atoms with Gasteiger partial charge in [-0.2, -0.15) is 0 Å². The van der Waals surface area contributed by atoms with Crippen LogP contribution in [-0.4, -0.2) is 36.2 Å². The van der Waals surface area contributed by atoms with Crippen molar-refractivity contribution in [3.05, 3.63) is 65.2 Å². The molecule has 0 fully saturated rings. The van der Waals surface area contributed by atoms with E-state index in [4.69, 9.17) is 4.74 Å². The van der Waals surface area contributed by atoms with Gasteiger partial charge in [-0.25, -0.2) is 8.78 Å². The quantitative estimate of drug-likeness (QED) is 0.507. The zero-order valence-corrected chi connectivity index (χ0v) is 16.3. The summed E-state index contributed by atoms with van der Waals surface area (Å²) in [5, 5.41) is 4.84. The number of esters is 1. The molecule has 7 nitrogen and oxygen atoms in total. The van der Waals surface area contributed by atoms with E-state index in [1.54, 1.807) is 24.3 Å². The summed E-state index contributed by atoms with van der Waals surface area (Å²) in [7, 11) is 0. The lowest BCUT2D eigenvalue weighted by atomic mass is 10.1. The van der Waals surface area contributed by atoms with Gasteiger partial charge in [0, 0.05) is 18.2 Å². The first-order valence-electron chi connectivity index (χ1n) is 9.02. The second-order valence-electron chi connectivity index (χ2n) is 6.35. The SMILES string of the molecule is CC(=O)c1ccccc1NC(=O)C(C)OC(=O)CCNC(=O)c1ccc(F)cc1F. The van der Waals surface area contributed by atoms with Crippen molar-refractivity contribution in [3.63, 3.8) is 0 Å². The predicted octanol–water partition coefficient (Wildman–Crippen LogP) is 2.86. The van der Waals surface area contributed by atoms with Gasteiger partial charge in [0.05, 0.1) is 17.7 Å². The monoisotopic (exact) mass is 418 g/mol. The third-order valence-electron chi connectivity index (χ3n) is 4.03. The molecule has 0 aliphatic heterocycles. The normalized spacial score (nSPS) is 11.3. The van der Waals surface area contributed by atoms with Crippen LogP contribution in [0.25, 0.3) is 0 Å². The van der Waals surface area contributed by atoms with Crippen molar-refractivity contribution in [2.24, 2.45) is 0 Å². The molecule has 30 heavy (non-hydrogen) atoms. The molecule has 0 heterocycles. The van der Waals surface area contributed by atoms with Crippen LogP contribution in [0.15, 0.2) is 42.5 Å². The smallest absolute Gasteiger partial charge is 0.308 e. The van der Waals surface area contributed by atoms with Crippen LogP contribution in [0, 0.1) is 11.6 Å². The first-order valence-corrected chi connectivity index (χ1v) is 9.02. The molecule has 2 rings (SSSR count). The van der Waals surface area contributed by atoms with E-state index in [-0.39, 0.29) is 24.3 Å². The first kappa shape index (κ1) is 22.7. The Labute approximate surface area is 171 Å². The third-order valence-corrected chi connectivity index (χ3v) is 4.03. The van der Waals surface area contributed by atoms with E-state index in [2.05, 4.69) is 10.6 Å². The molecule has 0 saturated carbocycles. The van der Waals surface area contributed by atoms with Crippen LogP contribution >= 0.6 is 0 Å². The number of Topliss-reactive ketones (excluding diaryl/α,β-unsaturated/α-hetero) is 1. The maximum Gasteiger partial charge on any atom is 0.308 e. The third kappa shape index (κ3) is 6.20. The number of halogens is 2. The predicted molar refractivity (Wildman–Crippen MR) is 104 cm³/mol. The van der Waals surface area contributed by atoms with Crippen LogP contribution in [0.5, 0.6) is 0 Å². The summed E-state index contributed by atoms with van der Waals surface area (Å²) in [5.41, 5.74) is 0.258. The maximum atomic E-state index is 13.5. The zero-order valence-electron chi connectivity index (χ0n) is 16.3. The largest absolute Gasteiger partial charge is 0.452 e. The first-order chi connectivity index (χ1) is 14.2. The number of ether oxygens (including phenoxy) is 1. The van der Waals surface area contributed by atoms with Gasteiger partial charge in [0.25, 0.3) is 11.8 Å². The average Bonchev–Trinajstić information content (AvgIpc) is 2.67. The fourth-order valence-corrected chi connectivity index (χ4v) is 2.49. The molecule has 1 unspecified atom stereocenters. The minimum atomic E-state index is -1.15. The van der Waals surface area contributed by atoms with Crippen LogP contribution in [0.1, 0.15) is 41.0 Å². The highest BCUT2D eigenvalue weighted by atomic mass is 19.1. The van der Waals surface area contributed by atoms with E-state index >= 15 is 0 Å². The molecule has 2 aromatic carbocycles. The second kappa shape index (κ2) is 10.2. The summed E-state index contributed by atoms with van der Waals surface area (Å²) >= 11 is 0. The van der Waals surface area contributed by atoms with Crippen LogP contribution in [-0.2, 0) is 14.3 Å². The van der Waals surface area contributed by atoms with E-state index in [1.807, 2.05) is 0 Å². The maximum absolute atomic E-state index is 13.5. The van der Waals surface area contributed by atoms with Crippen molar-refractivity contribution in [1.82, 2.24) is 5.32 Å². The topological polar surface area (TPSA) is 102 Å². The number of hydrogen-bond donors (Lipinski definition) is 2. The summed E-state index contributed by atoms with van der Waals surface area (Å²) in [5.74, 6) is -4.28. The number of carbonyl (C=O) groups excluding carboxylic acids is 4. The lowest BCUT2D eigenvalue weighted by Gasteiger charge is -2.15.